The van der Waals surface area contributed by atoms with E-state index in [0.717, 1.165) is 18.9 Å². The van der Waals surface area contributed by atoms with Crippen molar-refractivity contribution in [1.29, 1.82) is 5.41 Å². The molecule has 0 amide bonds. The summed E-state index contributed by atoms with van der Waals surface area (Å²) in [6.07, 6.45) is 6.38. The lowest BCUT2D eigenvalue weighted by atomic mass is 10.0. The maximum atomic E-state index is 11.4. The average Bonchev–Trinajstić information content (AvgIpc) is 2.81. The lowest BCUT2D eigenvalue weighted by molar-refractivity contribution is 0.284. The van der Waals surface area contributed by atoms with Crippen molar-refractivity contribution in [3.05, 3.63) is 69.6 Å². The summed E-state index contributed by atoms with van der Waals surface area (Å²) in [5.41, 5.74) is 8.52. The number of pyridine rings is 2. The SMILES string of the molecule is COc1cc(N)c(C(=N)c2ccc(N3CC(CS(C)=O)C3)nc2)cc1OCc1c(Cl)cncc1Cl. The minimum atomic E-state index is -0.791. The first-order valence-electron chi connectivity index (χ1n) is 10.7. The molecule has 0 saturated carbocycles. The van der Waals surface area contributed by atoms with Crippen molar-refractivity contribution in [2.24, 2.45) is 5.92 Å². The first-order valence-corrected chi connectivity index (χ1v) is 13.2. The highest BCUT2D eigenvalue weighted by Crippen LogP contribution is 2.35. The fourth-order valence-electron chi connectivity index (χ4n) is 3.86. The van der Waals surface area contributed by atoms with Gasteiger partial charge in [0.05, 0.1) is 22.9 Å². The summed E-state index contributed by atoms with van der Waals surface area (Å²) in [6, 6.07) is 7.01. The number of nitrogen functional groups attached to an aromatic ring is 1. The molecule has 1 aliphatic rings. The third kappa shape index (κ3) is 5.69. The van der Waals surface area contributed by atoms with Crippen molar-refractivity contribution < 1.29 is 13.7 Å². The zero-order valence-corrected chi connectivity index (χ0v) is 21.6. The van der Waals surface area contributed by atoms with Gasteiger partial charge in [0.2, 0.25) is 0 Å². The van der Waals surface area contributed by atoms with Crippen molar-refractivity contribution in [3.8, 4) is 11.5 Å². The van der Waals surface area contributed by atoms with Gasteiger partial charge in [-0.2, -0.15) is 0 Å². The number of anilines is 2. The summed E-state index contributed by atoms with van der Waals surface area (Å²) in [7, 11) is 0.723. The summed E-state index contributed by atoms with van der Waals surface area (Å²) >= 11 is 12.4. The van der Waals surface area contributed by atoms with Crippen LogP contribution in [0.3, 0.4) is 0 Å². The van der Waals surface area contributed by atoms with Crippen molar-refractivity contribution in [3.63, 3.8) is 0 Å². The third-order valence-electron chi connectivity index (χ3n) is 5.72. The highest BCUT2D eigenvalue weighted by Gasteiger charge is 2.28. The molecule has 1 saturated heterocycles. The number of rotatable bonds is 9. The van der Waals surface area contributed by atoms with Crippen LogP contribution in [0.4, 0.5) is 11.5 Å². The van der Waals surface area contributed by atoms with Crippen molar-refractivity contribution in [1.82, 2.24) is 9.97 Å². The summed E-state index contributed by atoms with van der Waals surface area (Å²) in [5, 5.41) is 9.51. The minimum Gasteiger partial charge on any atom is -0.493 e. The second kappa shape index (κ2) is 10.8. The Bertz CT molecular complexity index is 1250. The van der Waals surface area contributed by atoms with E-state index in [-0.39, 0.29) is 12.3 Å². The number of nitrogens with one attached hydrogen (secondary N) is 1. The zero-order chi connectivity index (χ0) is 25.1. The van der Waals surface area contributed by atoms with Gasteiger partial charge in [0.1, 0.15) is 12.4 Å². The first kappa shape index (κ1) is 25.2. The van der Waals surface area contributed by atoms with Crippen LogP contribution in [0.5, 0.6) is 11.5 Å². The molecule has 1 fully saturated rings. The van der Waals surface area contributed by atoms with Crippen LogP contribution in [0.2, 0.25) is 10.0 Å². The lowest BCUT2D eigenvalue weighted by Gasteiger charge is -2.39. The molecule has 3 N–H and O–H groups in total. The number of methoxy groups -OCH3 is 1. The van der Waals surface area contributed by atoms with Gasteiger partial charge in [0.25, 0.3) is 0 Å². The number of aromatic nitrogens is 2. The summed E-state index contributed by atoms with van der Waals surface area (Å²) in [5.74, 6) is 2.79. The molecule has 1 atom stereocenters. The molecule has 35 heavy (non-hydrogen) atoms. The van der Waals surface area contributed by atoms with Crippen LogP contribution in [0.1, 0.15) is 16.7 Å². The van der Waals surface area contributed by atoms with Gasteiger partial charge in [-0.1, -0.05) is 23.2 Å². The average molecular weight is 534 g/mol. The molecule has 0 spiro atoms. The van der Waals surface area contributed by atoms with Gasteiger partial charge in [-0.25, -0.2) is 4.98 Å². The highest BCUT2D eigenvalue weighted by molar-refractivity contribution is 7.84. The van der Waals surface area contributed by atoms with Crippen LogP contribution in [0.15, 0.2) is 42.9 Å². The van der Waals surface area contributed by atoms with Gasteiger partial charge in [-0.05, 0) is 18.2 Å². The van der Waals surface area contributed by atoms with Gasteiger partial charge in [-0.3, -0.25) is 14.6 Å². The smallest absolute Gasteiger partial charge is 0.162 e. The molecule has 0 radical (unpaired) electrons. The Morgan fingerprint density at radius 2 is 1.91 bits per heavy atom. The van der Waals surface area contributed by atoms with E-state index >= 15 is 0 Å². The Balaban J connectivity index is 1.51. The van der Waals surface area contributed by atoms with Crippen LogP contribution >= 0.6 is 23.2 Å². The number of benzene rings is 1. The van der Waals surface area contributed by atoms with E-state index in [1.165, 1.54) is 19.5 Å². The standard InChI is InChI=1S/C24H25Cl2N5O3S/c1-33-21-6-20(27)16(5-22(21)34-12-17-18(25)8-29-9-19(17)26)24(28)15-3-4-23(30-7-15)31-10-14(11-31)13-35(2)32/h3-9,14,28H,10-13,27H2,1-2H3. The molecule has 1 aliphatic heterocycles. The van der Waals surface area contributed by atoms with Gasteiger partial charge < -0.3 is 20.1 Å². The fraction of sp³-hybridized carbons (Fsp3) is 0.292. The molecule has 3 heterocycles. The lowest BCUT2D eigenvalue weighted by Crippen LogP contribution is -2.49. The second-order valence-corrected chi connectivity index (χ2v) is 10.5. The first-order chi connectivity index (χ1) is 16.8. The molecule has 2 aromatic heterocycles. The van der Waals surface area contributed by atoms with Crippen LogP contribution in [0.25, 0.3) is 0 Å². The largest absolute Gasteiger partial charge is 0.493 e. The molecule has 3 aromatic rings. The summed E-state index contributed by atoms with van der Waals surface area (Å²) < 4.78 is 22.8. The monoisotopic (exact) mass is 533 g/mol. The topological polar surface area (TPSA) is 114 Å². The van der Waals surface area contributed by atoms with Crippen molar-refractivity contribution >= 4 is 51.2 Å². The molecule has 1 aromatic carbocycles. The predicted octanol–water partition coefficient (Wildman–Crippen LogP) is 4.18. The Hall–Kier alpha value is -2.88. The normalized spacial score (nSPS) is 14.3. The molecule has 8 nitrogen and oxygen atoms in total. The number of hydrogen-bond acceptors (Lipinski definition) is 8. The zero-order valence-electron chi connectivity index (χ0n) is 19.3. The number of nitrogens with two attached hydrogens (primary N) is 1. The van der Waals surface area contributed by atoms with E-state index in [1.807, 2.05) is 12.1 Å². The van der Waals surface area contributed by atoms with E-state index in [9.17, 15) is 4.21 Å². The molecule has 1 unspecified atom stereocenters. The number of hydrogen-bond donors (Lipinski definition) is 2. The van der Waals surface area contributed by atoms with Crippen LogP contribution in [-0.2, 0) is 17.4 Å². The Morgan fingerprint density at radius 1 is 1.20 bits per heavy atom. The van der Waals surface area contributed by atoms with Crippen LogP contribution in [0, 0.1) is 11.3 Å². The van der Waals surface area contributed by atoms with E-state index in [2.05, 4.69) is 14.9 Å². The Kier molecular flexibility index (Phi) is 7.78. The molecule has 0 aliphatic carbocycles. The fourth-order valence-corrected chi connectivity index (χ4v) is 5.21. The molecular weight excluding hydrogens is 509 g/mol. The van der Waals surface area contributed by atoms with Crippen LogP contribution in [-0.4, -0.2) is 52.1 Å². The molecule has 4 rings (SSSR count). The van der Waals surface area contributed by atoms with Crippen molar-refractivity contribution in [2.45, 2.75) is 6.61 Å². The quantitative estimate of drug-likeness (QED) is 0.313. The van der Waals surface area contributed by atoms with Gasteiger partial charge in [0.15, 0.2) is 11.5 Å². The highest BCUT2D eigenvalue weighted by atomic mass is 35.5. The van der Waals surface area contributed by atoms with E-state index in [1.54, 1.807) is 24.6 Å². The molecular formula is C24H25Cl2N5O3S. The number of halogens is 2. The molecule has 184 valence electrons. The van der Waals surface area contributed by atoms with Crippen molar-refractivity contribution in [2.75, 3.05) is 42.8 Å². The van der Waals surface area contributed by atoms with E-state index in [4.69, 9.17) is 43.8 Å². The second-order valence-electron chi connectivity index (χ2n) is 8.25. The predicted molar refractivity (Wildman–Crippen MR) is 141 cm³/mol. The van der Waals surface area contributed by atoms with Gasteiger partial charge >= 0.3 is 0 Å². The van der Waals surface area contributed by atoms with E-state index < -0.39 is 10.8 Å². The third-order valence-corrected chi connectivity index (χ3v) is 7.31. The van der Waals surface area contributed by atoms with E-state index in [0.29, 0.717) is 55.6 Å². The van der Waals surface area contributed by atoms with Gasteiger partial charge in [0, 0.05) is 88.9 Å². The Labute approximate surface area is 216 Å². The van der Waals surface area contributed by atoms with Gasteiger partial charge in [-0.15, -0.1) is 0 Å². The Morgan fingerprint density at radius 3 is 2.51 bits per heavy atom. The maximum Gasteiger partial charge on any atom is 0.162 e. The molecule has 11 heteroatoms. The number of ether oxygens (including phenoxy) is 2. The maximum absolute atomic E-state index is 11.4. The summed E-state index contributed by atoms with van der Waals surface area (Å²) in [4.78, 5) is 10.6. The number of nitrogens with zero attached hydrogens (tertiary/aromatic N) is 3. The minimum absolute atomic E-state index is 0.0892. The summed E-state index contributed by atoms with van der Waals surface area (Å²) in [6.45, 7) is 1.76. The van der Waals surface area contributed by atoms with Crippen LogP contribution < -0.4 is 20.1 Å². The molecule has 0 bridgehead atoms.